The number of anilines is 2. The lowest BCUT2D eigenvalue weighted by Gasteiger charge is -2.21. The van der Waals surface area contributed by atoms with Gasteiger partial charge < -0.3 is 10.2 Å². The average Bonchev–Trinajstić information content (AvgIpc) is 2.57. The summed E-state index contributed by atoms with van der Waals surface area (Å²) >= 11 is 5.79. The number of carbonyl (C=O) groups excluding carboxylic acids is 2. The van der Waals surface area contributed by atoms with Crippen LogP contribution in [0.4, 0.5) is 24.5 Å². The van der Waals surface area contributed by atoms with Crippen LogP contribution in [0.2, 0.25) is 5.02 Å². The van der Waals surface area contributed by atoms with Crippen LogP contribution in [0.3, 0.4) is 0 Å². The van der Waals surface area contributed by atoms with Crippen molar-refractivity contribution in [2.45, 2.75) is 13.3 Å². The van der Waals surface area contributed by atoms with Crippen molar-refractivity contribution < 1.29 is 22.8 Å². The number of rotatable bonds is 5. The predicted molar refractivity (Wildman–Crippen MR) is 89.0 cm³/mol. The molecule has 0 aliphatic carbocycles. The SMILES string of the molecule is CC(=O)N(CCC(=O)Nc1ccc(F)c(F)c1F)c1ccc(Cl)cc1. The summed E-state index contributed by atoms with van der Waals surface area (Å²) in [6.07, 6.45) is -0.166. The minimum Gasteiger partial charge on any atom is -0.323 e. The molecule has 2 aromatic carbocycles. The van der Waals surface area contributed by atoms with Crippen molar-refractivity contribution >= 4 is 34.8 Å². The van der Waals surface area contributed by atoms with Gasteiger partial charge in [0.1, 0.15) is 0 Å². The summed E-state index contributed by atoms with van der Waals surface area (Å²) in [5, 5.41) is 2.65. The topological polar surface area (TPSA) is 49.4 Å². The van der Waals surface area contributed by atoms with E-state index < -0.39 is 29.0 Å². The van der Waals surface area contributed by atoms with Gasteiger partial charge in [-0.15, -0.1) is 0 Å². The second kappa shape index (κ2) is 8.02. The van der Waals surface area contributed by atoms with Crippen LogP contribution in [0.1, 0.15) is 13.3 Å². The van der Waals surface area contributed by atoms with Crippen molar-refractivity contribution in [2.75, 3.05) is 16.8 Å². The second-order valence-electron chi connectivity index (χ2n) is 5.17. The molecule has 2 amide bonds. The van der Waals surface area contributed by atoms with Crippen LogP contribution >= 0.6 is 11.6 Å². The Balaban J connectivity index is 2.03. The number of amides is 2. The smallest absolute Gasteiger partial charge is 0.226 e. The van der Waals surface area contributed by atoms with Gasteiger partial charge in [0.15, 0.2) is 17.5 Å². The lowest BCUT2D eigenvalue weighted by atomic mass is 10.2. The maximum Gasteiger partial charge on any atom is 0.226 e. The standard InChI is InChI=1S/C17H14ClF3N2O2/c1-10(24)23(12-4-2-11(18)3-5-12)9-8-15(25)22-14-7-6-13(19)16(20)17(14)21/h2-7H,8-9H2,1H3,(H,22,25). The highest BCUT2D eigenvalue weighted by Gasteiger charge is 2.17. The lowest BCUT2D eigenvalue weighted by molar-refractivity contribution is -0.117. The lowest BCUT2D eigenvalue weighted by Crippen LogP contribution is -2.32. The highest BCUT2D eigenvalue weighted by Crippen LogP contribution is 2.21. The number of hydrogen-bond donors (Lipinski definition) is 1. The van der Waals surface area contributed by atoms with Crippen molar-refractivity contribution in [1.29, 1.82) is 0 Å². The Kier molecular flexibility index (Phi) is 6.03. The third-order valence-electron chi connectivity index (χ3n) is 3.39. The molecule has 0 spiro atoms. The van der Waals surface area contributed by atoms with E-state index in [-0.39, 0.29) is 18.9 Å². The molecule has 0 saturated carbocycles. The summed E-state index contributed by atoms with van der Waals surface area (Å²) in [4.78, 5) is 25.0. The molecule has 2 rings (SSSR count). The molecule has 8 heteroatoms. The van der Waals surface area contributed by atoms with Gasteiger partial charge in [0.2, 0.25) is 11.8 Å². The van der Waals surface area contributed by atoms with Crippen LogP contribution in [0.15, 0.2) is 36.4 Å². The zero-order chi connectivity index (χ0) is 18.6. The van der Waals surface area contributed by atoms with E-state index in [1.165, 1.54) is 11.8 Å². The van der Waals surface area contributed by atoms with E-state index in [4.69, 9.17) is 11.6 Å². The van der Waals surface area contributed by atoms with Crippen molar-refractivity contribution in [3.8, 4) is 0 Å². The highest BCUT2D eigenvalue weighted by molar-refractivity contribution is 6.30. The van der Waals surface area contributed by atoms with Crippen LogP contribution in [-0.2, 0) is 9.59 Å². The molecule has 0 aliphatic heterocycles. The first-order valence-corrected chi connectivity index (χ1v) is 7.64. The summed E-state index contributed by atoms with van der Waals surface area (Å²) in [6, 6.07) is 8.08. The zero-order valence-electron chi connectivity index (χ0n) is 13.2. The van der Waals surface area contributed by atoms with Gasteiger partial charge >= 0.3 is 0 Å². The van der Waals surface area contributed by atoms with Gasteiger partial charge in [-0.3, -0.25) is 9.59 Å². The summed E-state index contributed by atoms with van der Waals surface area (Å²) in [6.45, 7) is 1.36. The molecule has 0 atom stereocenters. The maximum atomic E-state index is 13.5. The van der Waals surface area contributed by atoms with Gasteiger partial charge in [-0.05, 0) is 36.4 Å². The molecule has 1 N–H and O–H groups in total. The van der Waals surface area contributed by atoms with Gasteiger partial charge in [-0.25, -0.2) is 13.2 Å². The fourth-order valence-electron chi connectivity index (χ4n) is 2.14. The van der Waals surface area contributed by atoms with Gasteiger partial charge in [0.05, 0.1) is 5.69 Å². The molecular weight excluding hydrogens is 357 g/mol. The number of carbonyl (C=O) groups is 2. The molecule has 0 saturated heterocycles. The fourth-order valence-corrected chi connectivity index (χ4v) is 2.26. The molecule has 25 heavy (non-hydrogen) atoms. The van der Waals surface area contributed by atoms with E-state index in [0.29, 0.717) is 16.8 Å². The Morgan fingerprint density at radius 2 is 1.68 bits per heavy atom. The number of nitrogens with zero attached hydrogens (tertiary/aromatic N) is 1. The van der Waals surface area contributed by atoms with Gasteiger partial charge in [0.25, 0.3) is 0 Å². The summed E-state index contributed by atoms with van der Waals surface area (Å²) in [5.74, 6) is -5.43. The Morgan fingerprint density at radius 3 is 2.28 bits per heavy atom. The predicted octanol–water partition coefficient (Wildman–Crippen LogP) is 4.14. The number of benzene rings is 2. The number of halogens is 4. The largest absolute Gasteiger partial charge is 0.323 e. The van der Waals surface area contributed by atoms with Gasteiger partial charge in [0, 0.05) is 30.6 Å². The molecule has 0 unspecified atom stereocenters. The first-order valence-electron chi connectivity index (χ1n) is 7.26. The first kappa shape index (κ1) is 18.8. The van der Waals surface area contributed by atoms with Crippen LogP contribution < -0.4 is 10.2 Å². The molecule has 0 aliphatic rings. The van der Waals surface area contributed by atoms with Crippen molar-refractivity contribution in [2.24, 2.45) is 0 Å². The van der Waals surface area contributed by atoms with Crippen LogP contribution in [0.5, 0.6) is 0 Å². The van der Waals surface area contributed by atoms with Gasteiger partial charge in [-0.1, -0.05) is 11.6 Å². The molecule has 4 nitrogen and oxygen atoms in total. The fraction of sp³-hybridized carbons (Fsp3) is 0.176. The average molecular weight is 371 g/mol. The summed E-state index contributed by atoms with van der Waals surface area (Å²) in [5.41, 5.74) is 0.0773. The van der Waals surface area contributed by atoms with Crippen molar-refractivity contribution in [3.63, 3.8) is 0 Å². The minimum atomic E-state index is -1.66. The monoisotopic (exact) mass is 370 g/mol. The third-order valence-corrected chi connectivity index (χ3v) is 3.64. The summed E-state index contributed by atoms with van der Waals surface area (Å²) in [7, 11) is 0. The number of nitrogens with one attached hydrogen (secondary N) is 1. The van der Waals surface area contributed by atoms with E-state index in [2.05, 4.69) is 5.32 Å². The molecular formula is C17H14ClF3N2O2. The molecule has 0 aromatic heterocycles. The van der Waals surface area contributed by atoms with E-state index in [9.17, 15) is 22.8 Å². The molecule has 0 fully saturated rings. The third kappa shape index (κ3) is 4.73. The molecule has 0 bridgehead atoms. The van der Waals surface area contributed by atoms with Crippen LogP contribution in [-0.4, -0.2) is 18.4 Å². The Labute approximate surface area is 147 Å². The van der Waals surface area contributed by atoms with Crippen molar-refractivity contribution in [1.82, 2.24) is 0 Å². The normalized spacial score (nSPS) is 10.4. The van der Waals surface area contributed by atoms with Gasteiger partial charge in [-0.2, -0.15) is 0 Å². The molecule has 132 valence electrons. The van der Waals surface area contributed by atoms with E-state index in [0.717, 1.165) is 6.07 Å². The number of hydrogen-bond acceptors (Lipinski definition) is 2. The Bertz CT molecular complexity index is 797. The van der Waals surface area contributed by atoms with Crippen LogP contribution in [0, 0.1) is 17.5 Å². The summed E-state index contributed by atoms with van der Waals surface area (Å²) < 4.78 is 39.6. The maximum absolute atomic E-state index is 13.5. The quantitative estimate of drug-likeness (QED) is 0.804. The highest BCUT2D eigenvalue weighted by atomic mass is 35.5. The zero-order valence-corrected chi connectivity index (χ0v) is 13.9. The molecule has 0 radical (unpaired) electrons. The van der Waals surface area contributed by atoms with E-state index in [1.807, 2.05) is 0 Å². The first-order chi connectivity index (χ1) is 11.8. The Hall–Kier alpha value is -2.54. The molecule has 0 heterocycles. The molecule has 2 aromatic rings. The van der Waals surface area contributed by atoms with E-state index in [1.54, 1.807) is 24.3 Å². The second-order valence-corrected chi connectivity index (χ2v) is 5.60. The van der Waals surface area contributed by atoms with E-state index >= 15 is 0 Å². The van der Waals surface area contributed by atoms with Crippen molar-refractivity contribution in [3.05, 3.63) is 58.9 Å². The minimum absolute atomic E-state index is 0.0219. The Morgan fingerprint density at radius 1 is 1.04 bits per heavy atom. The van der Waals surface area contributed by atoms with Crippen LogP contribution in [0.25, 0.3) is 0 Å².